The van der Waals surface area contributed by atoms with Crippen molar-refractivity contribution in [3.8, 4) is 22.8 Å². The summed E-state index contributed by atoms with van der Waals surface area (Å²) in [6.07, 6.45) is 0. The lowest BCUT2D eigenvalue weighted by Gasteiger charge is -2.34. The second kappa shape index (κ2) is 8.26. The highest BCUT2D eigenvalue weighted by Gasteiger charge is 2.24. The Kier molecular flexibility index (Phi) is 4.96. The van der Waals surface area contributed by atoms with Gasteiger partial charge in [-0.3, -0.25) is 14.8 Å². The van der Waals surface area contributed by atoms with Gasteiger partial charge in [0.05, 0.1) is 5.69 Å². The number of carbonyl (C=O) groups excluding carboxylic acids is 1. The van der Waals surface area contributed by atoms with Gasteiger partial charge in [0.25, 0.3) is 5.91 Å². The SMILES string of the molecule is O=C(c1cc(-c2cccc3ccccc23)n[nH]1)N1CCN(Cc2ccc3c(c2)OCO3)CC1. The highest BCUT2D eigenvalue weighted by Crippen LogP contribution is 2.33. The van der Waals surface area contributed by atoms with Crippen LogP contribution in [-0.2, 0) is 6.54 Å². The Labute approximate surface area is 191 Å². The Bertz CT molecular complexity index is 1320. The number of piperazine rings is 1. The Hall–Kier alpha value is -3.84. The number of fused-ring (bicyclic) bond motifs is 2. The van der Waals surface area contributed by atoms with E-state index in [0.29, 0.717) is 18.8 Å². The molecule has 1 amide bonds. The average molecular weight is 441 g/mol. The van der Waals surface area contributed by atoms with Crippen LogP contribution in [0.1, 0.15) is 16.1 Å². The molecule has 3 aromatic carbocycles. The number of aromatic amines is 1. The molecule has 6 rings (SSSR count). The minimum atomic E-state index is -0.00304. The molecule has 2 aliphatic rings. The summed E-state index contributed by atoms with van der Waals surface area (Å²) in [6, 6.07) is 22.3. The predicted octanol–water partition coefficient (Wildman–Crippen LogP) is 3.92. The number of H-pyrrole nitrogens is 1. The van der Waals surface area contributed by atoms with Crippen molar-refractivity contribution in [3.05, 3.63) is 78.0 Å². The number of nitrogens with one attached hydrogen (secondary N) is 1. The first-order valence-electron chi connectivity index (χ1n) is 11.2. The molecule has 7 nitrogen and oxygen atoms in total. The van der Waals surface area contributed by atoms with Gasteiger partial charge in [-0.2, -0.15) is 5.10 Å². The van der Waals surface area contributed by atoms with E-state index < -0.39 is 0 Å². The van der Waals surface area contributed by atoms with E-state index >= 15 is 0 Å². The summed E-state index contributed by atoms with van der Waals surface area (Å²) in [5, 5.41) is 9.69. The molecule has 0 bridgehead atoms. The first-order valence-corrected chi connectivity index (χ1v) is 11.2. The van der Waals surface area contributed by atoms with Crippen LogP contribution in [0.5, 0.6) is 11.5 Å². The molecule has 0 unspecified atom stereocenters. The van der Waals surface area contributed by atoms with Crippen LogP contribution in [0, 0.1) is 0 Å². The number of carbonyl (C=O) groups is 1. The van der Waals surface area contributed by atoms with Crippen molar-refractivity contribution in [2.45, 2.75) is 6.54 Å². The standard InChI is InChI=1S/C26H24N4O3/c31-26(23-15-22(27-28-23)21-7-3-5-19-4-1-2-6-20(19)21)30-12-10-29(11-13-30)16-18-8-9-24-25(14-18)33-17-32-24/h1-9,14-15H,10-13,16-17H2,(H,27,28). The molecule has 1 saturated heterocycles. The van der Waals surface area contributed by atoms with Crippen LogP contribution in [0.15, 0.2) is 66.7 Å². The molecule has 0 aliphatic carbocycles. The fourth-order valence-electron chi connectivity index (χ4n) is 4.59. The molecule has 0 saturated carbocycles. The summed E-state index contributed by atoms with van der Waals surface area (Å²) in [5.74, 6) is 1.61. The molecule has 4 aromatic rings. The quantitative estimate of drug-likeness (QED) is 0.521. The molecule has 1 fully saturated rings. The average Bonchev–Trinajstić information content (AvgIpc) is 3.53. The van der Waals surface area contributed by atoms with Crippen LogP contribution >= 0.6 is 0 Å². The van der Waals surface area contributed by atoms with E-state index in [2.05, 4.69) is 39.4 Å². The molecule has 0 spiro atoms. The van der Waals surface area contributed by atoms with Crippen molar-refractivity contribution < 1.29 is 14.3 Å². The zero-order chi connectivity index (χ0) is 22.2. The number of amides is 1. The molecule has 0 radical (unpaired) electrons. The molecule has 0 atom stereocenters. The summed E-state index contributed by atoms with van der Waals surface area (Å²) >= 11 is 0. The number of rotatable bonds is 4. The third-order valence-corrected chi connectivity index (χ3v) is 6.38. The van der Waals surface area contributed by atoms with Crippen molar-refractivity contribution in [2.24, 2.45) is 0 Å². The maximum absolute atomic E-state index is 13.1. The molecular formula is C26H24N4O3. The van der Waals surface area contributed by atoms with Crippen LogP contribution in [0.2, 0.25) is 0 Å². The fourth-order valence-corrected chi connectivity index (χ4v) is 4.59. The highest BCUT2D eigenvalue weighted by molar-refractivity contribution is 5.98. The summed E-state index contributed by atoms with van der Waals surface area (Å²) in [4.78, 5) is 17.4. The van der Waals surface area contributed by atoms with Gasteiger partial charge in [0.15, 0.2) is 11.5 Å². The first-order chi connectivity index (χ1) is 16.2. The third-order valence-electron chi connectivity index (χ3n) is 6.38. The second-order valence-corrected chi connectivity index (χ2v) is 8.45. The number of benzene rings is 3. The number of nitrogens with zero attached hydrogens (tertiary/aromatic N) is 3. The van der Waals surface area contributed by atoms with Crippen LogP contribution in [-0.4, -0.2) is 58.9 Å². The second-order valence-electron chi connectivity index (χ2n) is 8.45. The van der Waals surface area contributed by atoms with Gasteiger partial charge in [-0.25, -0.2) is 0 Å². The Morgan fingerprint density at radius 2 is 1.73 bits per heavy atom. The lowest BCUT2D eigenvalue weighted by atomic mass is 10.0. The van der Waals surface area contributed by atoms with Crippen molar-refractivity contribution in [2.75, 3.05) is 33.0 Å². The predicted molar refractivity (Wildman–Crippen MR) is 125 cm³/mol. The number of hydrogen-bond donors (Lipinski definition) is 1. The maximum Gasteiger partial charge on any atom is 0.271 e. The van der Waals surface area contributed by atoms with Crippen LogP contribution < -0.4 is 9.47 Å². The largest absolute Gasteiger partial charge is 0.454 e. The molecule has 7 heteroatoms. The van der Waals surface area contributed by atoms with Crippen molar-refractivity contribution in [1.82, 2.24) is 20.0 Å². The zero-order valence-corrected chi connectivity index (χ0v) is 18.2. The summed E-state index contributed by atoms with van der Waals surface area (Å²) in [7, 11) is 0. The summed E-state index contributed by atoms with van der Waals surface area (Å²) in [6.45, 7) is 4.14. The van der Waals surface area contributed by atoms with Gasteiger partial charge in [0, 0.05) is 38.3 Å². The first kappa shape index (κ1) is 19.8. The highest BCUT2D eigenvalue weighted by atomic mass is 16.7. The van der Waals surface area contributed by atoms with Crippen molar-refractivity contribution in [3.63, 3.8) is 0 Å². The minimum Gasteiger partial charge on any atom is -0.454 e. The van der Waals surface area contributed by atoms with E-state index in [1.165, 1.54) is 5.56 Å². The van der Waals surface area contributed by atoms with E-state index in [-0.39, 0.29) is 12.7 Å². The van der Waals surface area contributed by atoms with E-state index in [1.807, 2.05) is 47.4 Å². The zero-order valence-electron chi connectivity index (χ0n) is 18.2. The molecular weight excluding hydrogens is 416 g/mol. The molecule has 2 aliphatic heterocycles. The normalized spacial score (nSPS) is 15.8. The van der Waals surface area contributed by atoms with E-state index in [1.54, 1.807) is 0 Å². The Morgan fingerprint density at radius 1 is 0.909 bits per heavy atom. The van der Waals surface area contributed by atoms with Crippen molar-refractivity contribution >= 4 is 16.7 Å². The Balaban J connectivity index is 1.11. The van der Waals surface area contributed by atoms with Gasteiger partial charge >= 0.3 is 0 Å². The molecule has 3 heterocycles. The molecule has 1 N–H and O–H groups in total. The molecule has 166 valence electrons. The topological polar surface area (TPSA) is 70.7 Å². The molecule has 33 heavy (non-hydrogen) atoms. The van der Waals surface area contributed by atoms with E-state index in [9.17, 15) is 4.79 Å². The lowest BCUT2D eigenvalue weighted by molar-refractivity contribution is 0.0622. The van der Waals surface area contributed by atoms with Gasteiger partial charge in [0.2, 0.25) is 6.79 Å². The van der Waals surface area contributed by atoms with E-state index in [0.717, 1.165) is 53.2 Å². The maximum atomic E-state index is 13.1. The van der Waals surface area contributed by atoms with Crippen molar-refractivity contribution in [1.29, 1.82) is 0 Å². The monoisotopic (exact) mass is 440 g/mol. The van der Waals surface area contributed by atoms with Gasteiger partial charge in [-0.05, 0) is 34.5 Å². The van der Waals surface area contributed by atoms with Crippen LogP contribution in [0.25, 0.3) is 22.0 Å². The van der Waals surface area contributed by atoms with Gasteiger partial charge in [-0.1, -0.05) is 48.5 Å². The van der Waals surface area contributed by atoms with Gasteiger partial charge < -0.3 is 14.4 Å². The summed E-state index contributed by atoms with van der Waals surface area (Å²) < 4.78 is 10.9. The van der Waals surface area contributed by atoms with Crippen LogP contribution in [0.3, 0.4) is 0 Å². The van der Waals surface area contributed by atoms with Gasteiger partial charge in [-0.15, -0.1) is 0 Å². The summed E-state index contributed by atoms with van der Waals surface area (Å²) in [5.41, 5.74) is 3.53. The Morgan fingerprint density at radius 3 is 2.64 bits per heavy atom. The smallest absolute Gasteiger partial charge is 0.271 e. The number of hydrogen-bond acceptors (Lipinski definition) is 5. The van der Waals surface area contributed by atoms with Crippen LogP contribution in [0.4, 0.5) is 0 Å². The number of ether oxygens (including phenoxy) is 2. The lowest BCUT2D eigenvalue weighted by Crippen LogP contribution is -2.48. The molecule has 1 aromatic heterocycles. The number of aromatic nitrogens is 2. The minimum absolute atomic E-state index is 0.00304. The van der Waals surface area contributed by atoms with Gasteiger partial charge in [0.1, 0.15) is 5.69 Å². The third kappa shape index (κ3) is 3.81. The fraction of sp³-hybridized carbons (Fsp3) is 0.231. The van der Waals surface area contributed by atoms with E-state index in [4.69, 9.17) is 9.47 Å².